The molecule has 4 rings (SSSR count). The molecule has 1 fully saturated rings. The number of hydrogen-bond donors (Lipinski definition) is 1. The maximum Gasteiger partial charge on any atom is 0.409 e. The lowest BCUT2D eigenvalue weighted by molar-refractivity contribution is -0.154. The van der Waals surface area contributed by atoms with Gasteiger partial charge in [0.1, 0.15) is 12.6 Å². The van der Waals surface area contributed by atoms with Crippen LogP contribution in [0.15, 0.2) is 48.5 Å². The maximum absolute atomic E-state index is 12.7. The molecule has 1 aliphatic carbocycles. The molecule has 0 spiro atoms. The van der Waals surface area contributed by atoms with Crippen LogP contribution in [-0.4, -0.2) is 65.7 Å². The molecule has 1 heterocycles. The van der Waals surface area contributed by atoms with Gasteiger partial charge in [-0.3, -0.25) is 4.79 Å². The number of aliphatic carboxylic acids is 1. The SMILES string of the molecule is CC(C)[C@@H](C(=O)O)N(C)C(=O)C1CN(C(=O)OCC2c3ccccc3-c3ccccc32)C1. The molecule has 2 aromatic carbocycles. The van der Waals surface area contributed by atoms with E-state index in [0.717, 1.165) is 11.1 Å². The average Bonchev–Trinajstić information content (AvgIpc) is 3.04. The number of amides is 2. The second-order valence-electron chi connectivity index (χ2n) is 8.88. The Labute approximate surface area is 187 Å². The molecular weight excluding hydrogens is 408 g/mol. The lowest BCUT2D eigenvalue weighted by Gasteiger charge is -2.40. The summed E-state index contributed by atoms with van der Waals surface area (Å²) in [6.07, 6.45) is -0.447. The van der Waals surface area contributed by atoms with E-state index < -0.39 is 24.0 Å². The highest BCUT2D eigenvalue weighted by Gasteiger charge is 2.41. The molecule has 168 valence electrons. The van der Waals surface area contributed by atoms with Crippen LogP contribution in [0.2, 0.25) is 0 Å². The lowest BCUT2D eigenvalue weighted by Crippen LogP contribution is -2.58. The molecular formula is C25H28N2O5. The number of fused-ring (bicyclic) bond motifs is 3. The molecule has 1 aliphatic heterocycles. The fourth-order valence-corrected chi connectivity index (χ4v) is 4.79. The highest BCUT2D eigenvalue weighted by atomic mass is 16.6. The van der Waals surface area contributed by atoms with Gasteiger partial charge >= 0.3 is 12.1 Å². The number of likely N-dealkylation sites (N-methyl/N-ethyl adjacent to an activating group) is 1. The Morgan fingerprint density at radius 1 is 1.03 bits per heavy atom. The number of likely N-dealkylation sites (tertiary alicyclic amines) is 1. The minimum absolute atomic E-state index is 0.0152. The molecule has 2 aromatic rings. The summed E-state index contributed by atoms with van der Waals surface area (Å²) < 4.78 is 5.62. The Hall–Kier alpha value is -3.35. The Morgan fingerprint density at radius 2 is 1.56 bits per heavy atom. The first-order chi connectivity index (χ1) is 15.3. The van der Waals surface area contributed by atoms with E-state index in [9.17, 15) is 19.5 Å². The van der Waals surface area contributed by atoms with Gasteiger partial charge < -0.3 is 19.6 Å². The molecule has 1 saturated heterocycles. The van der Waals surface area contributed by atoms with Crippen molar-refractivity contribution < 1.29 is 24.2 Å². The summed E-state index contributed by atoms with van der Waals surface area (Å²) >= 11 is 0. The molecule has 0 radical (unpaired) electrons. The van der Waals surface area contributed by atoms with Gasteiger partial charge in [-0.1, -0.05) is 62.4 Å². The minimum Gasteiger partial charge on any atom is -0.480 e. The van der Waals surface area contributed by atoms with Gasteiger partial charge in [-0.15, -0.1) is 0 Å². The van der Waals surface area contributed by atoms with Crippen molar-refractivity contribution in [3.05, 3.63) is 59.7 Å². The Morgan fingerprint density at radius 3 is 2.06 bits per heavy atom. The van der Waals surface area contributed by atoms with Gasteiger partial charge in [0.15, 0.2) is 0 Å². The third kappa shape index (κ3) is 3.83. The number of hydrogen-bond acceptors (Lipinski definition) is 4. The third-order valence-corrected chi connectivity index (χ3v) is 6.47. The molecule has 2 aliphatic rings. The van der Waals surface area contributed by atoms with Gasteiger partial charge in [0.25, 0.3) is 0 Å². The number of carboxylic acid groups (broad SMARTS) is 1. The van der Waals surface area contributed by atoms with Crippen molar-refractivity contribution in [3.63, 3.8) is 0 Å². The van der Waals surface area contributed by atoms with E-state index in [1.165, 1.54) is 28.0 Å². The molecule has 1 atom stereocenters. The number of carbonyl (C=O) groups excluding carboxylic acids is 2. The molecule has 2 amide bonds. The molecule has 7 heteroatoms. The standard InChI is InChI=1S/C25H28N2O5/c1-15(2)22(24(29)30)26(3)23(28)16-12-27(13-16)25(31)32-14-21-19-10-6-4-8-17(19)18-9-5-7-11-20(18)21/h4-11,15-16,21-22H,12-14H2,1-3H3,(H,29,30)/t22-/m0/s1. The van der Waals surface area contributed by atoms with Gasteiger partial charge in [-0.05, 0) is 28.2 Å². The highest BCUT2D eigenvalue weighted by Crippen LogP contribution is 2.44. The fourth-order valence-electron chi connectivity index (χ4n) is 4.79. The average molecular weight is 437 g/mol. The summed E-state index contributed by atoms with van der Waals surface area (Å²) in [5.74, 6) is -1.91. The van der Waals surface area contributed by atoms with Crippen molar-refractivity contribution in [1.29, 1.82) is 0 Å². The molecule has 0 unspecified atom stereocenters. The number of nitrogens with zero attached hydrogens (tertiary/aromatic N) is 2. The van der Waals surface area contributed by atoms with Crippen molar-refractivity contribution in [3.8, 4) is 11.1 Å². The predicted octanol–water partition coefficient (Wildman–Crippen LogP) is 3.43. The number of benzene rings is 2. The summed E-state index contributed by atoms with van der Waals surface area (Å²) in [6, 6.07) is 15.4. The molecule has 0 bridgehead atoms. The van der Waals surface area contributed by atoms with E-state index >= 15 is 0 Å². The van der Waals surface area contributed by atoms with Crippen LogP contribution in [0.4, 0.5) is 4.79 Å². The summed E-state index contributed by atoms with van der Waals surface area (Å²) in [5.41, 5.74) is 4.63. The molecule has 0 aromatic heterocycles. The Bertz CT molecular complexity index is 999. The van der Waals surface area contributed by atoms with Crippen molar-refractivity contribution in [2.75, 3.05) is 26.7 Å². The van der Waals surface area contributed by atoms with Gasteiger partial charge in [-0.25, -0.2) is 9.59 Å². The second kappa shape index (κ2) is 8.65. The van der Waals surface area contributed by atoms with Gasteiger partial charge in [0.05, 0.1) is 5.92 Å². The smallest absolute Gasteiger partial charge is 0.409 e. The predicted molar refractivity (Wildman–Crippen MR) is 119 cm³/mol. The lowest BCUT2D eigenvalue weighted by atomic mass is 9.96. The van der Waals surface area contributed by atoms with Crippen LogP contribution in [0.5, 0.6) is 0 Å². The van der Waals surface area contributed by atoms with E-state index in [1.54, 1.807) is 13.8 Å². The quantitative estimate of drug-likeness (QED) is 0.750. The highest BCUT2D eigenvalue weighted by molar-refractivity contribution is 5.87. The van der Waals surface area contributed by atoms with Gasteiger partial charge in [0.2, 0.25) is 5.91 Å². The normalized spacial score (nSPS) is 16.2. The van der Waals surface area contributed by atoms with Crippen LogP contribution < -0.4 is 0 Å². The largest absolute Gasteiger partial charge is 0.480 e. The van der Waals surface area contributed by atoms with Crippen LogP contribution >= 0.6 is 0 Å². The summed E-state index contributed by atoms with van der Waals surface area (Å²) in [6.45, 7) is 4.25. The molecule has 0 saturated carbocycles. The van der Waals surface area contributed by atoms with E-state index in [2.05, 4.69) is 24.3 Å². The van der Waals surface area contributed by atoms with Crippen molar-refractivity contribution in [1.82, 2.24) is 9.80 Å². The summed E-state index contributed by atoms with van der Waals surface area (Å²) in [5, 5.41) is 9.41. The Kier molecular flexibility index (Phi) is 5.91. The summed E-state index contributed by atoms with van der Waals surface area (Å²) in [4.78, 5) is 39.5. The Balaban J connectivity index is 1.34. The molecule has 32 heavy (non-hydrogen) atoms. The topological polar surface area (TPSA) is 87.2 Å². The van der Waals surface area contributed by atoms with Gasteiger partial charge in [-0.2, -0.15) is 0 Å². The van der Waals surface area contributed by atoms with E-state index in [0.29, 0.717) is 0 Å². The zero-order chi connectivity index (χ0) is 23.0. The zero-order valence-corrected chi connectivity index (χ0v) is 18.5. The van der Waals surface area contributed by atoms with E-state index in [4.69, 9.17) is 4.74 Å². The molecule has 7 nitrogen and oxygen atoms in total. The van der Waals surface area contributed by atoms with Crippen LogP contribution in [-0.2, 0) is 14.3 Å². The fraction of sp³-hybridized carbons (Fsp3) is 0.400. The summed E-state index contributed by atoms with van der Waals surface area (Å²) in [7, 11) is 1.51. The molecule has 1 N–H and O–H groups in total. The van der Waals surface area contributed by atoms with E-state index in [-0.39, 0.29) is 37.4 Å². The minimum atomic E-state index is -1.02. The number of rotatable bonds is 6. The van der Waals surface area contributed by atoms with Gasteiger partial charge in [0, 0.05) is 26.1 Å². The van der Waals surface area contributed by atoms with E-state index in [1.807, 2.05) is 24.3 Å². The second-order valence-corrected chi connectivity index (χ2v) is 8.88. The van der Waals surface area contributed by atoms with Crippen molar-refractivity contribution in [2.24, 2.45) is 11.8 Å². The van der Waals surface area contributed by atoms with Crippen LogP contribution in [0.25, 0.3) is 11.1 Å². The van der Waals surface area contributed by atoms with Crippen LogP contribution in [0, 0.1) is 11.8 Å². The number of carboxylic acids is 1. The first-order valence-corrected chi connectivity index (χ1v) is 10.9. The first kappa shape index (κ1) is 21.9. The van der Waals surface area contributed by atoms with Crippen molar-refractivity contribution in [2.45, 2.75) is 25.8 Å². The first-order valence-electron chi connectivity index (χ1n) is 10.9. The third-order valence-electron chi connectivity index (χ3n) is 6.47. The monoisotopic (exact) mass is 436 g/mol. The number of carbonyl (C=O) groups is 3. The van der Waals surface area contributed by atoms with Crippen molar-refractivity contribution >= 4 is 18.0 Å². The number of ether oxygens (including phenoxy) is 1. The zero-order valence-electron chi connectivity index (χ0n) is 18.5. The maximum atomic E-state index is 12.7. The van der Waals surface area contributed by atoms with Crippen LogP contribution in [0.3, 0.4) is 0 Å². The van der Waals surface area contributed by atoms with Crippen LogP contribution in [0.1, 0.15) is 30.9 Å².